The van der Waals surface area contributed by atoms with E-state index >= 15 is 0 Å². The maximum atomic E-state index is 12.8. The van der Waals surface area contributed by atoms with Gasteiger partial charge in [0, 0.05) is 18.1 Å². The number of rotatable bonds is 5. The second kappa shape index (κ2) is 7.40. The van der Waals surface area contributed by atoms with E-state index in [1.165, 1.54) is 23.5 Å². The van der Waals surface area contributed by atoms with E-state index in [0.717, 1.165) is 5.56 Å². The highest BCUT2D eigenvalue weighted by molar-refractivity contribution is 9.10. The minimum Gasteiger partial charge on any atom is -0.497 e. The van der Waals surface area contributed by atoms with Crippen LogP contribution >= 0.6 is 39.1 Å². The van der Waals surface area contributed by atoms with Crippen molar-refractivity contribution in [2.45, 2.75) is 11.4 Å². The lowest BCUT2D eigenvalue weighted by Crippen LogP contribution is -2.27. The van der Waals surface area contributed by atoms with Gasteiger partial charge in [-0.15, -0.1) is 0 Å². The Bertz CT molecular complexity index is 804. The summed E-state index contributed by atoms with van der Waals surface area (Å²) in [5.74, 6) is 0.660. The van der Waals surface area contributed by atoms with Crippen LogP contribution in [-0.2, 0) is 16.6 Å². The van der Waals surface area contributed by atoms with Crippen LogP contribution in [0.2, 0.25) is 10.0 Å². The molecule has 4 nitrogen and oxygen atoms in total. The molecule has 0 fully saturated rings. The molecule has 0 aliphatic heterocycles. The Morgan fingerprint density at radius 1 is 1.17 bits per heavy atom. The predicted molar refractivity (Wildman–Crippen MR) is 95.8 cm³/mol. The molecule has 0 N–H and O–H groups in total. The molecule has 0 saturated heterocycles. The fourth-order valence-corrected chi connectivity index (χ4v) is 5.08. The highest BCUT2D eigenvalue weighted by Gasteiger charge is 2.27. The van der Waals surface area contributed by atoms with Crippen LogP contribution in [-0.4, -0.2) is 26.9 Å². The van der Waals surface area contributed by atoms with Crippen LogP contribution in [0.25, 0.3) is 0 Å². The van der Waals surface area contributed by atoms with Gasteiger partial charge in [-0.05, 0) is 29.8 Å². The number of sulfonamides is 1. The quantitative estimate of drug-likeness (QED) is 0.685. The van der Waals surface area contributed by atoms with Crippen LogP contribution in [0.5, 0.6) is 5.75 Å². The van der Waals surface area contributed by atoms with Crippen molar-refractivity contribution < 1.29 is 13.2 Å². The predicted octanol–water partition coefficient (Wildman–Crippen LogP) is 4.59. The summed E-state index contributed by atoms with van der Waals surface area (Å²) in [4.78, 5) is -0.102. The van der Waals surface area contributed by atoms with Gasteiger partial charge in [0.1, 0.15) is 10.6 Å². The summed E-state index contributed by atoms with van der Waals surface area (Å²) < 4.78 is 32.5. The fraction of sp³-hybridized carbons (Fsp3) is 0.200. The average Bonchev–Trinajstić information content (AvgIpc) is 2.45. The summed E-state index contributed by atoms with van der Waals surface area (Å²) in [7, 11) is -0.795. The van der Waals surface area contributed by atoms with Crippen molar-refractivity contribution >= 4 is 49.2 Å². The molecule has 2 rings (SSSR count). The standard InChI is InChI=1S/C15H14BrCl2NO3S/c1-19(9-10-4-3-5-12(6-10)22-2)23(20,21)15-13(17)7-11(16)8-14(15)18/h3-8H,9H2,1-2H3. The number of ether oxygens (including phenoxy) is 1. The molecule has 0 spiro atoms. The van der Waals surface area contributed by atoms with Crippen molar-refractivity contribution in [3.05, 3.63) is 56.5 Å². The first-order valence-corrected chi connectivity index (χ1v) is 9.48. The van der Waals surface area contributed by atoms with Crippen LogP contribution in [0.15, 0.2) is 45.8 Å². The largest absolute Gasteiger partial charge is 0.497 e. The fourth-order valence-electron chi connectivity index (χ4n) is 2.04. The first-order chi connectivity index (χ1) is 10.8. The molecule has 2 aromatic rings. The van der Waals surface area contributed by atoms with Crippen molar-refractivity contribution in [1.29, 1.82) is 0 Å². The minimum absolute atomic E-state index is 0.0712. The van der Waals surface area contributed by atoms with Crippen LogP contribution in [0, 0.1) is 0 Å². The molecule has 0 saturated carbocycles. The van der Waals surface area contributed by atoms with Crippen molar-refractivity contribution in [2.75, 3.05) is 14.2 Å². The van der Waals surface area contributed by atoms with Gasteiger partial charge in [0.05, 0.1) is 17.2 Å². The van der Waals surface area contributed by atoms with E-state index in [2.05, 4.69) is 15.9 Å². The zero-order valence-electron chi connectivity index (χ0n) is 12.4. The van der Waals surface area contributed by atoms with Gasteiger partial charge in [-0.2, -0.15) is 4.31 Å². The smallest absolute Gasteiger partial charge is 0.246 e. The van der Waals surface area contributed by atoms with E-state index < -0.39 is 10.0 Å². The molecule has 0 amide bonds. The molecule has 0 radical (unpaired) electrons. The van der Waals surface area contributed by atoms with E-state index in [-0.39, 0.29) is 21.5 Å². The second-order valence-electron chi connectivity index (χ2n) is 4.81. The molecule has 0 aromatic heterocycles. The Morgan fingerprint density at radius 3 is 2.35 bits per heavy atom. The SMILES string of the molecule is COc1cccc(CN(C)S(=O)(=O)c2c(Cl)cc(Br)cc2Cl)c1. The van der Waals surface area contributed by atoms with Crippen molar-refractivity contribution in [3.8, 4) is 5.75 Å². The molecular formula is C15H14BrCl2NO3S. The summed E-state index contributed by atoms with van der Waals surface area (Å²) in [6, 6.07) is 10.2. The number of halogens is 3. The summed E-state index contributed by atoms with van der Waals surface area (Å²) in [5, 5.41) is 0.142. The Morgan fingerprint density at radius 2 is 1.78 bits per heavy atom. The van der Waals surface area contributed by atoms with Gasteiger partial charge >= 0.3 is 0 Å². The van der Waals surface area contributed by atoms with E-state index in [4.69, 9.17) is 27.9 Å². The van der Waals surface area contributed by atoms with Crippen molar-refractivity contribution in [1.82, 2.24) is 4.31 Å². The number of nitrogens with zero attached hydrogens (tertiary/aromatic N) is 1. The van der Waals surface area contributed by atoms with Gasteiger partial charge in [0.25, 0.3) is 0 Å². The van der Waals surface area contributed by atoms with E-state index in [9.17, 15) is 8.42 Å². The molecule has 23 heavy (non-hydrogen) atoms. The van der Waals surface area contributed by atoms with Crippen molar-refractivity contribution in [3.63, 3.8) is 0 Å². The van der Waals surface area contributed by atoms with Gasteiger partial charge in [0.15, 0.2) is 0 Å². The lowest BCUT2D eigenvalue weighted by molar-refractivity contribution is 0.412. The van der Waals surface area contributed by atoms with Gasteiger partial charge in [0.2, 0.25) is 10.0 Å². The molecule has 0 heterocycles. The lowest BCUT2D eigenvalue weighted by atomic mass is 10.2. The third kappa shape index (κ3) is 4.19. The molecule has 0 unspecified atom stereocenters. The number of methoxy groups -OCH3 is 1. The van der Waals surface area contributed by atoms with Crippen molar-refractivity contribution in [2.24, 2.45) is 0 Å². The third-order valence-electron chi connectivity index (χ3n) is 3.17. The van der Waals surface area contributed by atoms with Gasteiger partial charge in [-0.3, -0.25) is 0 Å². The first kappa shape index (κ1) is 18.5. The molecule has 8 heteroatoms. The molecule has 0 bridgehead atoms. The summed E-state index contributed by atoms with van der Waals surface area (Å²) in [6.07, 6.45) is 0. The normalized spacial score (nSPS) is 11.7. The highest BCUT2D eigenvalue weighted by atomic mass is 79.9. The van der Waals surface area contributed by atoms with Crippen LogP contribution in [0.1, 0.15) is 5.56 Å². The third-order valence-corrected chi connectivity index (χ3v) is 6.35. The minimum atomic E-state index is -3.83. The average molecular weight is 439 g/mol. The summed E-state index contributed by atoms with van der Waals surface area (Å²) >= 11 is 15.4. The number of hydrogen-bond acceptors (Lipinski definition) is 3. The van der Waals surface area contributed by atoms with Crippen LogP contribution in [0.4, 0.5) is 0 Å². The number of benzene rings is 2. The van der Waals surface area contributed by atoms with Gasteiger partial charge in [-0.1, -0.05) is 51.3 Å². The Balaban J connectivity index is 2.36. The second-order valence-corrected chi connectivity index (χ2v) is 8.52. The molecule has 0 aliphatic carbocycles. The zero-order chi connectivity index (χ0) is 17.2. The summed E-state index contributed by atoms with van der Waals surface area (Å²) in [5.41, 5.74) is 0.791. The first-order valence-electron chi connectivity index (χ1n) is 6.49. The lowest BCUT2D eigenvalue weighted by Gasteiger charge is -2.19. The number of hydrogen-bond donors (Lipinski definition) is 0. The van der Waals surface area contributed by atoms with Crippen LogP contribution < -0.4 is 4.74 Å². The molecular weight excluding hydrogens is 425 g/mol. The van der Waals surface area contributed by atoms with Crippen LogP contribution in [0.3, 0.4) is 0 Å². The maximum absolute atomic E-state index is 12.8. The topological polar surface area (TPSA) is 46.6 Å². The molecule has 0 atom stereocenters. The molecule has 2 aromatic carbocycles. The van der Waals surface area contributed by atoms with E-state index in [1.54, 1.807) is 25.3 Å². The summed E-state index contributed by atoms with van der Waals surface area (Å²) in [6.45, 7) is 0.169. The maximum Gasteiger partial charge on any atom is 0.246 e. The van der Waals surface area contributed by atoms with Gasteiger partial charge < -0.3 is 4.74 Å². The Kier molecular flexibility index (Phi) is 5.97. The Labute approximate surface area is 154 Å². The zero-order valence-corrected chi connectivity index (χ0v) is 16.3. The molecule has 0 aliphatic rings. The highest BCUT2D eigenvalue weighted by Crippen LogP contribution is 2.34. The van der Waals surface area contributed by atoms with E-state index in [1.807, 2.05) is 6.07 Å². The molecule has 124 valence electrons. The monoisotopic (exact) mass is 437 g/mol. The van der Waals surface area contributed by atoms with E-state index in [0.29, 0.717) is 10.2 Å². The van der Waals surface area contributed by atoms with Gasteiger partial charge in [-0.25, -0.2) is 8.42 Å². The Hall–Kier alpha value is -0.790.